The molecule has 144 valence electrons. The van der Waals surface area contributed by atoms with Crippen molar-refractivity contribution >= 4 is 5.91 Å². The Bertz CT molecular complexity index is 760. The summed E-state index contributed by atoms with van der Waals surface area (Å²) in [5, 5.41) is 3.20. The monoisotopic (exact) mass is 364 g/mol. The van der Waals surface area contributed by atoms with E-state index in [0.717, 1.165) is 18.5 Å². The average molecular weight is 365 g/mol. The van der Waals surface area contributed by atoms with E-state index in [2.05, 4.69) is 61.3 Å². The molecule has 0 aromatic heterocycles. The highest BCUT2D eigenvalue weighted by atomic mass is 16.1. The van der Waals surface area contributed by atoms with E-state index in [9.17, 15) is 4.79 Å². The largest absolute Gasteiger partial charge is 0.345 e. The van der Waals surface area contributed by atoms with Crippen molar-refractivity contribution in [1.82, 2.24) is 10.2 Å². The van der Waals surface area contributed by atoms with Crippen molar-refractivity contribution < 1.29 is 4.79 Å². The first-order chi connectivity index (χ1) is 13.1. The van der Waals surface area contributed by atoms with Crippen LogP contribution in [0, 0.1) is 13.8 Å². The van der Waals surface area contributed by atoms with Gasteiger partial charge >= 0.3 is 0 Å². The van der Waals surface area contributed by atoms with E-state index in [1.165, 1.54) is 54.6 Å². The van der Waals surface area contributed by atoms with Crippen LogP contribution in [0.5, 0.6) is 0 Å². The first kappa shape index (κ1) is 19.6. The Hall–Kier alpha value is -2.13. The van der Waals surface area contributed by atoms with Crippen LogP contribution < -0.4 is 5.32 Å². The van der Waals surface area contributed by atoms with Crippen LogP contribution >= 0.6 is 0 Å². The van der Waals surface area contributed by atoms with Crippen molar-refractivity contribution in [2.24, 2.45) is 0 Å². The summed E-state index contributed by atoms with van der Waals surface area (Å²) in [6.45, 7) is 9.72. The molecule has 0 saturated carbocycles. The third-order valence-corrected chi connectivity index (χ3v) is 5.72. The van der Waals surface area contributed by atoms with E-state index < -0.39 is 0 Å². The Kier molecular flexibility index (Phi) is 6.68. The summed E-state index contributed by atoms with van der Waals surface area (Å²) in [6, 6.07) is 14.6. The lowest BCUT2D eigenvalue weighted by Gasteiger charge is -2.26. The predicted molar refractivity (Wildman–Crippen MR) is 112 cm³/mol. The number of likely N-dealkylation sites (tertiary alicyclic amines) is 1. The van der Waals surface area contributed by atoms with Crippen LogP contribution in [0.15, 0.2) is 42.5 Å². The Morgan fingerprint density at radius 3 is 2.33 bits per heavy atom. The molecule has 2 aromatic rings. The molecule has 0 spiro atoms. The van der Waals surface area contributed by atoms with Crippen LogP contribution in [0.25, 0.3) is 0 Å². The molecule has 1 amide bonds. The van der Waals surface area contributed by atoms with Gasteiger partial charge in [-0.15, -0.1) is 0 Å². The van der Waals surface area contributed by atoms with Crippen molar-refractivity contribution in [3.63, 3.8) is 0 Å². The average Bonchev–Trinajstić information content (AvgIpc) is 2.69. The molecule has 1 saturated heterocycles. The molecule has 0 bridgehead atoms. The number of carbonyl (C=O) groups is 1. The van der Waals surface area contributed by atoms with Gasteiger partial charge in [0.2, 0.25) is 0 Å². The molecule has 0 unspecified atom stereocenters. The van der Waals surface area contributed by atoms with Crippen LogP contribution in [0.1, 0.15) is 71.3 Å². The summed E-state index contributed by atoms with van der Waals surface area (Å²) in [5.74, 6) is 0.00426. The van der Waals surface area contributed by atoms with Gasteiger partial charge in [0.25, 0.3) is 5.91 Å². The molecule has 1 heterocycles. The smallest absolute Gasteiger partial charge is 0.251 e. The maximum absolute atomic E-state index is 12.7. The van der Waals surface area contributed by atoms with Gasteiger partial charge in [-0.2, -0.15) is 0 Å². The summed E-state index contributed by atoms with van der Waals surface area (Å²) < 4.78 is 0. The van der Waals surface area contributed by atoms with E-state index in [4.69, 9.17) is 0 Å². The lowest BCUT2D eigenvalue weighted by atomic mass is 9.99. The maximum atomic E-state index is 12.7. The molecule has 1 aliphatic rings. The molecule has 1 atom stereocenters. The lowest BCUT2D eigenvalue weighted by molar-refractivity contribution is 0.0935. The fourth-order valence-electron chi connectivity index (χ4n) is 3.78. The maximum Gasteiger partial charge on any atom is 0.251 e. The zero-order chi connectivity index (χ0) is 19.2. The van der Waals surface area contributed by atoms with Gasteiger partial charge in [-0.3, -0.25) is 9.69 Å². The van der Waals surface area contributed by atoms with E-state index >= 15 is 0 Å². The van der Waals surface area contributed by atoms with Gasteiger partial charge in [0.1, 0.15) is 0 Å². The number of aryl methyl sites for hydroxylation is 2. The molecular formula is C24H32N2O. The SMILES string of the molecule is CC[C@@H](NC(=O)c1ccc(CN2CCCCC2)cc1)c1ccc(C)c(C)c1. The van der Waals surface area contributed by atoms with Gasteiger partial charge in [-0.05, 0) is 80.6 Å². The van der Waals surface area contributed by atoms with E-state index in [1.54, 1.807) is 0 Å². The molecule has 3 rings (SSSR count). The minimum atomic E-state index is 0.00426. The molecule has 1 aliphatic heterocycles. The van der Waals surface area contributed by atoms with Gasteiger partial charge in [0.05, 0.1) is 6.04 Å². The minimum absolute atomic E-state index is 0.00426. The summed E-state index contributed by atoms with van der Waals surface area (Å²) in [5.41, 5.74) is 5.75. The van der Waals surface area contributed by atoms with Crippen molar-refractivity contribution in [2.75, 3.05) is 13.1 Å². The third kappa shape index (κ3) is 5.20. The molecule has 0 radical (unpaired) electrons. The fourth-order valence-corrected chi connectivity index (χ4v) is 3.78. The van der Waals surface area contributed by atoms with Gasteiger partial charge in [0, 0.05) is 12.1 Å². The van der Waals surface area contributed by atoms with Crippen LogP contribution in [0.2, 0.25) is 0 Å². The second-order valence-corrected chi connectivity index (χ2v) is 7.81. The Morgan fingerprint density at radius 2 is 1.70 bits per heavy atom. The fraction of sp³-hybridized carbons (Fsp3) is 0.458. The molecule has 3 nitrogen and oxygen atoms in total. The number of nitrogens with one attached hydrogen (secondary N) is 1. The molecule has 3 heteroatoms. The molecular weight excluding hydrogens is 332 g/mol. The predicted octanol–water partition coefficient (Wildman–Crippen LogP) is 5.17. The van der Waals surface area contributed by atoms with Crippen molar-refractivity contribution in [2.45, 2.75) is 59.0 Å². The number of hydrogen-bond acceptors (Lipinski definition) is 2. The summed E-state index contributed by atoms with van der Waals surface area (Å²) in [6.07, 6.45) is 4.84. The van der Waals surface area contributed by atoms with E-state index in [1.807, 2.05) is 12.1 Å². The standard InChI is InChI=1S/C24H32N2O/c1-4-23(22-11-8-18(2)19(3)16-22)25-24(27)21-12-9-20(10-13-21)17-26-14-6-5-7-15-26/h8-13,16,23H,4-7,14-15,17H2,1-3H3,(H,25,27)/t23-/m1/s1. The summed E-state index contributed by atoms with van der Waals surface area (Å²) >= 11 is 0. The lowest BCUT2D eigenvalue weighted by Crippen LogP contribution is -2.29. The quantitative estimate of drug-likeness (QED) is 0.767. The number of piperidine rings is 1. The Morgan fingerprint density at radius 1 is 1.00 bits per heavy atom. The molecule has 1 fully saturated rings. The van der Waals surface area contributed by atoms with Crippen molar-refractivity contribution in [3.8, 4) is 0 Å². The molecule has 0 aliphatic carbocycles. The van der Waals surface area contributed by atoms with Gasteiger partial charge in [-0.1, -0.05) is 43.7 Å². The van der Waals surface area contributed by atoms with Gasteiger partial charge < -0.3 is 5.32 Å². The van der Waals surface area contributed by atoms with E-state index in [0.29, 0.717) is 0 Å². The third-order valence-electron chi connectivity index (χ3n) is 5.72. The van der Waals surface area contributed by atoms with Gasteiger partial charge in [-0.25, -0.2) is 0 Å². The van der Waals surface area contributed by atoms with Gasteiger partial charge in [0.15, 0.2) is 0 Å². The number of hydrogen-bond donors (Lipinski definition) is 1. The normalized spacial score (nSPS) is 16.1. The number of benzene rings is 2. The van der Waals surface area contributed by atoms with Crippen LogP contribution in [-0.4, -0.2) is 23.9 Å². The van der Waals surface area contributed by atoms with Crippen molar-refractivity contribution in [1.29, 1.82) is 0 Å². The van der Waals surface area contributed by atoms with E-state index in [-0.39, 0.29) is 11.9 Å². The second kappa shape index (κ2) is 9.18. The molecule has 1 N–H and O–H groups in total. The number of rotatable bonds is 6. The topological polar surface area (TPSA) is 32.3 Å². The van der Waals surface area contributed by atoms with Crippen LogP contribution in [0.4, 0.5) is 0 Å². The minimum Gasteiger partial charge on any atom is -0.345 e. The number of carbonyl (C=O) groups excluding carboxylic acids is 1. The summed E-state index contributed by atoms with van der Waals surface area (Å²) in [4.78, 5) is 15.2. The highest BCUT2D eigenvalue weighted by molar-refractivity contribution is 5.94. The molecule has 2 aromatic carbocycles. The zero-order valence-electron chi connectivity index (χ0n) is 16.9. The van der Waals surface area contributed by atoms with Crippen molar-refractivity contribution in [3.05, 3.63) is 70.3 Å². The first-order valence-electron chi connectivity index (χ1n) is 10.3. The summed E-state index contributed by atoms with van der Waals surface area (Å²) in [7, 11) is 0. The van der Waals surface area contributed by atoms with Crippen LogP contribution in [-0.2, 0) is 6.54 Å². The highest BCUT2D eigenvalue weighted by Crippen LogP contribution is 2.21. The molecule has 27 heavy (non-hydrogen) atoms. The Labute approximate surface area is 163 Å². The second-order valence-electron chi connectivity index (χ2n) is 7.81. The Balaban J connectivity index is 1.63. The number of nitrogens with zero attached hydrogens (tertiary/aromatic N) is 1. The number of amides is 1. The highest BCUT2D eigenvalue weighted by Gasteiger charge is 2.15. The zero-order valence-corrected chi connectivity index (χ0v) is 16.9. The first-order valence-corrected chi connectivity index (χ1v) is 10.3. The van der Waals surface area contributed by atoms with Crippen LogP contribution in [0.3, 0.4) is 0 Å².